The Balaban J connectivity index is 1.73. The van der Waals surface area contributed by atoms with Gasteiger partial charge in [-0.05, 0) is 60.5 Å². The van der Waals surface area contributed by atoms with Crippen molar-refractivity contribution in [2.24, 2.45) is 0 Å². The second kappa shape index (κ2) is 10.4. The quantitative estimate of drug-likeness (QED) is 0.256. The number of nitrogens with one attached hydrogen (secondary N) is 1. The van der Waals surface area contributed by atoms with Crippen LogP contribution in [0.15, 0.2) is 64.6 Å². The average molecular weight is 595 g/mol. The number of carbonyl (C=O) groups excluding carboxylic acids is 3. The largest absolute Gasteiger partial charge is 0.487 e. The highest BCUT2D eigenvalue weighted by molar-refractivity contribution is 9.10. The smallest absolute Gasteiger partial charge is 0.335 e. The van der Waals surface area contributed by atoms with Gasteiger partial charge >= 0.3 is 6.03 Å². The van der Waals surface area contributed by atoms with Gasteiger partial charge in [0, 0.05) is 20.1 Å². The van der Waals surface area contributed by atoms with Crippen LogP contribution in [0.1, 0.15) is 16.7 Å². The van der Waals surface area contributed by atoms with E-state index in [1.807, 2.05) is 24.3 Å². The van der Waals surface area contributed by atoms with Crippen molar-refractivity contribution in [2.75, 3.05) is 4.90 Å². The first-order valence-corrected chi connectivity index (χ1v) is 12.1. The lowest BCUT2D eigenvalue weighted by Crippen LogP contribution is -2.54. The fourth-order valence-corrected chi connectivity index (χ4v) is 4.43. The number of carbonyl (C=O) groups is 3. The molecule has 1 saturated heterocycles. The summed E-state index contributed by atoms with van der Waals surface area (Å²) in [4.78, 5) is 39.4. The molecule has 0 unspecified atom stereocenters. The Kier molecular flexibility index (Phi) is 7.52. The first-order valence-electron chi connectivity index (χ1n) is 10.2. The number of ether oxygens (including phenoxy) is 1. The van der Waals surface area contributed by atoms with E-state index in [1.54, 1.807) is 19.1 Å². The molecule has 178 valence electrons. The van der Waals surface area contributed by atoms with Crippen LogP contribution in [0.5, 0.6) is 5.75 Å². The lowest BCUT2D eigenvalue weighted by Gasteiger charge is -2.27. The Morgan fingerprint density at radius 1 is 0.971 bits per heavy atom. The van der Waals surface area contributed by atoms with Crippen molar-refractivity contribution in [3.8, 4) is 5.75 Å². The van der Waals surface area contributed by atoms with E-state index >= 15 is 0 Å². The van der Waals surface area contributed by atoms with Gasteiger partial charge in [0.2, 0.25) is 0 Å². The normalized spacial score (nSPS) is 14.9. The van der Waals surface area contributed by atoms with Crippen LogP contribution >= 0.6 is 50.7 Å². The molecule has 0 bridgehead atoms. The summed E-state index contributed by atoms with van der Waals surface area (Å²) >= 11 is 22.0. The Bertz CT molecular complexity index is 1390. The van der Waals surface area contributed by atoms with Gasteiger partial charge in [-0.25, -0.2) is 9.69 Å². The second-order valence-corrected chi connectivity index (χ2v) is 9.81. The summed E-state index contributed by atoms with van der Waals surface area (Å²) in [6.45, 7) is 1.90. The van der Waals surface area contributed by atoms with Gasteiger partial charge in [-0.3, -0.25) is 14.9 Å². The Labute approximate surface area is 224 Å². The molecule has 0 radical (unpaired) electrons. The molecule has 0 aliphatic carbocycles. The van der Waals surface area contributed by atoms with E-state index in [-0.39, 0.29) is 33.7 Å². The van der Waals surface area contributed by atoms with Crippen LogP contribution < -0.4 is 15.0 Å². The van der Waals surface area contributed by atoms with Crippen LogP contribution in [0.3, 0.4) is 0 Å². The molecule has 1 N–H and O–H groups in total. The van der Waals surface area contributed by atoms with E-state index in [4.69, 9.17) is 39.5 Å². The van der Waals surface area contributed by atoms with Crippen LogP contribution in [0, 0.1) is 6.92 Å². The van der Waals surface area contributed by atoms with Crippen molar-refractivity contribution in [3.63, 3.8) is 0 Å². The van der Waals surface area contributed by atoms with Crippen molar-refractivity contribution in [3.05, 3.63) is 96.4 Å². The lowest BCUT2D eigenvalue weighted by molar-refractivity contribution is -0.122. The van der Waals surface area contributed by atoms with Crippen molar-refractivity contribution in [1.82, 2.24) is 5.32 Å². The summed E-state index contributed by atoms with van der Waals surface area (Å²) in [5.41, 5.74) is 1.76. The summed E-state index contributed by atoms with van der Waals surface area (Å²) in [5, 5.41) is 3.00. The van der Waals surface area contributed by atoms with Crippen LogP contribution in [0.4, 0.5) is 10.5 Å². The van der Waals surface area contributed by atoms with Crippen molar-refractivity contribution in [2.45, 2.75) is 13.5 Å². The van der Waals surface area contributed by atoms with Gasteiger partial charge in [-0.1, -0.05) is 68.9 Å². The number of imide groups is 2. The topological polar surface area (TPSA) is 75.7 Å². The minimum atomic E-state index is -0.877. The Hall–Kier alpha value is -2.84. The fourth-order valence-electron chi connectivity index (χ4n) is 3.43. The molecule has 35 heavy (non-hydrogen) atoms. The summed E-state index contributed by atoms with van der Waals surface area (Å²) < 4.78 is 6.86. The van der Waals surface area contributed by atoms with Crippen LogP contribution in [0.25, 0.3) is 6.08 Å². The number of benzene rings is 3. The maximum Gasteiger partial charge on any atom is 0.335 e. The van der Waals surface area contributed by atoms with Gasteiger partial charge in [0.1, 0.15) is 17.9 Å². The van der Waals surface area contributed by atoms with Gasteiger partial charge in [-0.15, -0.1) is 0 Å². The predicted molar refractivity (Wildman–Crippen MR) is 140 cm³/mol. The highest BCUT2D eigenvalue weighted by Crippen LogP contribution is 2.36. The molecule has 1 aliphatic heterocycles. The molecule has 10 heteroatoms. The molecule has 1 heterocycles. The third-order valence-corrected chi connectivity index (χ3v) is 6.41. The van der Waals surface area contributed by atoms with Crippen LogP contribution in [-0.2, 0) is 16.2 Å². The Morgan fingerprint density at radius 2 is 1.69 bits per heavy atom. The molecular weight excluding hydrogens is 579 g/mol. The number of hydrogen-bond donors (Lipinski definition) is 1. The molecule has 0 aromatic heterocycles. The molecule has 3 aromatic carbocycles. The minimum Gasteiger partial charge on any atom is -0.487 e. The van der Waals surface area contributed by atoms with Gasteiger partial charge in [0.05, 0.1) is 10.7 Å². The van der Waals surface area contributed by atoms with E-state index in [0.29, 0.717) is 16.1 Å². The summed E-state index contributed by atoms with van der Waals surface area (Å²) in [7, 11) is 0. The fraction of sp³-hybridized carbons (Fsp3) is 0.0800. The molecule has 0 spiro atoms. The number of aryl methyl sites for hydroxylation is 1. The lowest BCUT2D eigenvalue weighted by atomic mass is 10.0. The van der Waals surface area contributed by atoms with E-state index in [0.717, 1.165) is 14.9 Å². The third-order valence-electron chi connectivity index (χ3n) is 5.15. The van der Waals surface area contributed by atoms with E-state index in [2.05, 4.69) is 21.2 Å². The number of halogens is 4. The minimum absolute atomic E-state index is 0.178. The zero-order chi connectivity index (χ0) is 25.3. The molecule has 4 amide bonds. The number of rotatable bonds is 5. The number of nitrogens with zero attached hydrogens (tertiary/aromatic N) is 1. The van der Waals surface area contributed by atoms with E-state index < -0.39 is 17.8 Å². The Morgan fingerprint density at radius 3 is 2.40 bits per heavy atom. The van der Waals surface area contributed by atoms with Crippen LogP contribution in [0.2, 0.25) is 15.1 Å². The zero-order valence-electron chi connectivity index (χ0n) is 18.1. The summed E-state index contributed by atoms with van der Waals surface area (Å²) in [6.07, 6.45) is 1.30. The van der Waals surface area contributed by atoms with Crippen LogP contribution in [-0.4, -0.2) is 17.8 Å². The maximum atomic E-state index is 13.3. The molecule has 0 atom stereocenters. The highest BCUT2D eigenvalue weighted by Gasteiger charge is 2.37. The molecule has 1 aliphatic rings. The van der Waals surface area contributed by atoms with Gasteiger partial charge in [-0.2, -0.15) is 0 Å². The molecule has 0 saturated carbocycles. The summed E-state index contributed by atoms with van der Waals surface area (Å²) in [6, 6.07) is 14.4. The number of amides is 4. The SMILES string of the molecule is Cc1ccc(Cl)cc1N1C(=O)NC(=O)/C(=C\c2cc(Cl)cc(Cl)c2OCc2ccc(Br)cc2)C1=O. The molecule has 1 fully saturated rings. The van der Waals surface area contributed by atoms with Gasteiger partial charge < -0.3 is 4.74 Å². The maximum absolute atomic E-state index is 13.3. The first-order chi connectivity index (χ1) is 16.6. The molecule has 3 aromatic rings. The first kappa shape index (κ1) is 25.3. The van der Waals surface area contributed by atoms with Crippen molar-refractivity contribution < 1.29 is 19.1 Å². The van der Waals surface area contributed by atoms with Gasteiger partial charge in [0.25, 0.3) is 11.8 Å². The van der Waals surface area contributed by atoms with Crippen molar-refractivity contribution >= 4 is 80.3 Å². The monoisotopic (exact) mass is 592 g/mol. The highest BCUT2D eigenvalue weighted by atomic mass is 79.9. The number of anilines is 1. The van der Waals surface area contributed by atoms with Gasteiger partial charge in [0.15, 0.2) is 0 Å². The third kappa shape index (κ3) is 5.54. The standard InChI is InChI=1S/C25H16BrCl3N2O4/c1-13-2-7-17(27)11-21(13)31-24(33)19(23(32)30-25(31)34)9-15-8-18(28)10-20(29)22(15)35-12-14-3-5-16(26)6-4-14/h2-11H,12H2,1H3,(H,30,32,34)/b19-9+. The number of hydrogen-bond acceptors (Lipinski definition) is 4. The van der Waals surface area contributed by atoms with Crippen molar-refractivity contribution in [1.29, 1.82) is 0 Å². The zero-order valence-corrected chi connectivity index (χ0v) is 21.9. The predicted octanol–water partition coefficient (Wildman–Crippen LogP) is 6.96. The summed E-state index contributed by atoms with van der Waals surface area (Å²) in [5.74, 6) is -1.44. The number of urea groups is 1. The molecule has 4 rings (SSSR count). The number of barbiturate groups is 1. The molecule has 6 nitrogen and oxygen atoms in total. The molecular formula is C25H16BrCl3N2O4. The van der Waals surface area contributed by atoms with E-state index in [1.165, 1.54) is 24.3 Å². The average Bonchev–Trinajstić information content (AvgIpc) is 2.79. The van der Waals surface area contributed by atoms with E-state index in [9.17, 15) is 14.4 Å². The second-order valence-electron chi connectivity index (χ2n) is 7.61.